The van der Waals surface area contributed by atoms with Crippen molar-refractivity contribution >= 4 is 21.8 Å². The fourth-order valence-corrected chi connectivity index (χ4v) is 2.14. The number of amides is 1. The molecule has 1 aromatic rings. The van der Waals surface area contributed by atoms with E-state index in [1.54, 1.807) is 4.90 Å². The van der Waals surface area contributed by atoms with Crippen molar-refractivity contribution in [3.8, 4) is 5.75 Å². The summed E-state index contributed by atoms with van der Waals surface area (Å²) in [4.78, 5) is 13.5. The number of halogens is 1. The van der Waals surface area contributed by atoms with Gasteiger partial charge in [-0.15, -0.1) is 0 Å². The Hall–Kier alpha value is -1.03. The molecule has 0 bridgehead atoms. The minimum Gasteiger partial charge on any atom is -0.483 e. The van der Waals surface area contributed by atoms with Gasteiger partial charge in [-0.1, -0.05) is 6.07 Å². The molecule has 0 spiro atoms. The molecule has 1 rings (SSSR count). The number of hydrogen-bond donors (Lipinski definition) is 0. The van der Waals surface area contributed by atoms with Crippen LogP contribution in [0.5, 0.6) is 5.75 Å². The van der Waals surface area contributed by atoms with Crippen LogP contribution in [0.2, 0.25) is 0 Å². The second kappa shape index (κ2) is 6.64. The van der Waals surface area contributed by atoms with Gasteiger partial charge in [-0.3, -0.25) is 4.79 Å². The molecular formula is C13H18BrNO2. The molecule has 17 heavy (non-hydrogen) atoms. The molecule has 94 valence electrons. The maximum atomic E-state index is 11.7. The molecule has 0 aliphatic rings. The summed E-state index contributed by atoms with van der Waals surface area (Å²) in [6.45, 7) is 7.45. The highest BCUT2D eigenvalue weighted by Gasteiger charge is 2.11. The zero-order valence-corrected chi connectivity index (χ0v) is 12.1. The second-order valence-corrected chi connectivity index (χ2v) is 4.64. The Kier molecular flexibility index (Phi) is 5.48. The molecule has 1 aromatic carbocycles. The predicted octanol–water partition coefficient (Wildman–Crippen LogP) is 3.00. The van der Waals surface area contributed by atoms with Crippen LogP contribution in [-0.2, 0) is 4.79 Å². The van der Waals surface area contributed by atoms with Crippen molar-refractivity contribution in [2.45, 2.75) is 20.8 Å². The van der Waals surface area contributed by atoms with Crippen LogP contribution >= 0.6 is 15.9 Å². The van der Waals surface area contributed by atoms with Gasteiger partial charge in [-0.25, -0.2) is 0 Å². The van der Waals surface area contributed by atoms with E-state index < -0.39 is 0 Å². The summed E-state index contributed by atoms with van der Waals surface area (Å²) in [7, 11) is 0. The smallest absolute Gasteiger partial charge is 0.260 e. The van der Waals surface area contributed by atoms with Gasteiger partial charge in [0.25, 0.3) is 5.91 Å². The third kappa shape index (κ3) is 4.04. The van der Waals surface area contributed by atoms with Crippen molar-refractivity contribution in [2.75, 3.05) is 19.7 Å². The molecule has 0 saturated heterocycles. The van der Waals surface area contributed by atoms with Gasteiger partial charge in [-0.2, -0.15) is 0 Å². The first-order valence-corrected chi connectivity index (χ1v) is 6.54. The first-order valence-electron chi connectivity index (χ1n) is 5.75. The molecule has 0 aromatic heterocycles. The number of rotatable bonds is 5. The Balaban J connectivity index is 2.58. The van der Waals surface area contributed by atoms with E-state index >= 15 is 0 Å². The third-order valence-electron chi connectivity index (χ3n) is 2.55. The predicted molar refractivity (Wildman–Crippen MR) is 72.3 cm³/mol. The SMILES string of the molecule is CCN(CC)C(=O)COc1ccc(C)cc1Br. The lowest BCUT2D eigenvalue weighted by atomic mass is 10.2. The fourth-order valence-electron chi connectivity index (χ4n) is 1.53. The van der Waals surface area contributed by atoms with E-state index in [1.165, 1.54) is 0 Å². The molecular weight excluding hydrogens is 282 g/mol. The minimum absolute atomic E-state index is 0.0162. The van der Waals surface area contributed by atoms with Crippen LogP contribution in [0.3, 0.4) is 0 Å². The molecule has 0 radical (unpaired) electrons. The highest BCUT2D eigenvalue weighted by molar-refractivity contribution is 9.10. The van der Waals surface area contributed by atoms with Crippen LogP contribution in [0.4, 0.5) is 0 Å². The first-order chi connectivity index (χ1) is 8.08. The molecule has 0 aliphatic carbocycles. The standard InChI is InChI=1S/C13H18BrNO2/c1-4-15(5-2)13(16)9-17-12-7-6-10(3)8-11(12)14/h6-8H,4-5,9H2,1-3H3. The van der Waals surface area contributed by atoms with Crippen molar-refractivity contribution in [1.82, 2.24) is 4.90 Å². The fraction of sp³-hybridized carbons (Fsp3) is 0.462. The van der Waals surface area contributed by atoms with Crippen molar-refractivity contribution in [3.63, 3.8) is 0 Å². The van der Waals surface area contributed by atoms with Crippen molar-refractivity contribution in [3.05, 3.63) is 28.2 Å². The van der Waals surface area contributed by atoms with Gasteiger partial charge >= 0.3 is 0 Å². The van der Waals surface area contributed by atoms with Gasteiger partial charge in [0.1, 0.15) is 5.75 Å². The van der Waals surface area contributed by atoms with Gasteiger partial charge < -0.3 is 9.64 Å². The van der Waals surface area contributed by atoms with Gasteiger partial charge in [0, 0.05) is 13.1 Å². The van der Waals surface area contributed by atoms with E-state index in [4.69, 9.17) is 4.74 Å². The molecule has 0 unspecified atom stereocenters. The molecule has 0 fully saturated rings. The Bertz CT molecular complexity index is 389. The number of carbonyl (C=O) groups excluding carboxylic acids is 1. The lowest BCUT2D eigenvalue weighted by Gasteiger charge is -2.19. The largest absolute Gasteiger partial charge is 0.483 e. The highest BCUT2D eigenvalue weighted by atomic mass is 79.9. The topological polar surface area (TPSA) is 29.5 Å². The third-order valence-corrected chi connectivity index (χ3v) is 3.17. The lowest BCUT2D eigenvalue weighted by Crippen LogP contribution is -2.34. The van der Waals surface area contributed by atoms with Crippen molar-refractivity contribution in [1.29, 1.82) is 0 Å². The van der Waals surface area contributed by atoms with E-state index in [0.29, 0.717) is 18.8 Å². The summed E-state index contributed by atoms with van der Waals surface area (Å²) in [6.07, 6.45) is 0. The maximum absolute atomic E-state index is 11.7. The van der Waals surface area contributed by atoms with Crippen molar-refractivity contribution < 1.29 is 9.53 Å². The number of carbonyl (C=O) groups is 1. The van der Waals surface area contributed by atoms with E-state index in [2.05, 4.69) is 15.9 Å². The number of likely N-dealkylation sites (N-methyl/N-ethyl adjacent to an activating group) is 1. The van der Waals surface area contributed by atoms with Gasteiger partial charge in [0.05, 0.1) is 4.47 Å². The summed E-state index contributed by atoms with van der Waals surface area (Å²) < 4.78 is 6.38. The first kappa shape index (κ1) is 14.0. The zero-order valence-electron chi connectivity index (χ0n) is 10.5. The molecule has 0 aliphatic heterocycles. The normalized spacial score (nSPS) is 10.1. The average Bonchev–Trinajstić information content (AvgIpc) is 2.29. The number of hydrogen-bond acceptors (Lipinski definition) is 2. The van der Waals surface area contributed by atoms with Crippen LogP contribution in [0, 0.1) is 6.92 Å². The zero-order chi connectivity index (χ0) is 12.8. The lowest BCUT2D eigenvalue weighted by molar-refractivity contribution is -0.132. The van der Waals surface area contributed by atoms with E-state index in [9.17, 15) is 4.79 Å². The molecule has 0 atom stereocenters. The number of ether oxygens (including phenoxy) is 1. The van der Waals surface area contributed by atoms with Crippen LogP contribution in [0.1, 0.15) is 19.4 Å². The molecule has 3 nitrogen and oxygen atoms in total. The monoisotopic (exact) mass is 299 g/mol. The van der Waals surface area contributed by atoms with E-state index in [0.717, 1.165) is 10.0 Å². The Morgan fingerprint density at radius 3 is 2.53 bits per heavy atom. The number of aryl methyl sites for hydroxylation is 1. The highest BCUT2D eigenvalue weighted by Crippen LogP contribution is 2.25. The Morgan fingerprint density at radius 1 is 1.35 bits per heavy atom. The summed E-state index contributed by atoms with van der Waals surface area (Å²) in [5.41, 5.74) is 1.15. The average molecular weight is 300 g/mol. The van der Waals surface area contributed by atoms with Crippen LogP contribution in [-0.4, -0.2) is 30.5 Å². The summed E-state index contributed by atoms with van der Waals surface area (Å²) in [6, 6.07) is 5.80. The Labute approximate surface area is 111 Å². The summed E-state index contributed by atoms with van der Waals surface area (Å²) in [5, 5.41) is 0. The molecule has 4 heteroatoms. The Morgan fingerprint density at radius 2 is 2.00 bits per heavy atom. The second-order valence-electron chi connectivity index (χ2n) is 3.79. The maximum Gasteiger partial charge on any atom is 0.260 e. The molecule has 1 amide bonds. The molecule has 0 saturated carbocycles. The van der Waals surface area contributed by atoms with Gasteiger partial charge in [-0.05, 0) is 54.4 Å². The van der Waals surface area contributed by atoms with E-state index in [1.807, 2.05) is 39.0 Å². The van der Waals surface area contributed by atoms with Crippen LogP contribution < -0.4 is 4.74 Å². The van der Waals surface area contributed by atoms with Gasteiger partial charge in [0.15, 0.2) is 6.61 Å². The minimum atomic E-state index is 0.0162. The van der Waals surface area contributed by atoms with Crippen LogP contribution in [0.25, 0.3) is 0 Å². The molecule has 0 heterocycles. The number of nitrogens with zero attached hydrogens (tertiary/aromatic N) is 1. The summed E-state index contributed by atoms with van der Waals surface area (Å²) in [5.74, 6) is 0.721. The van der Waals surface area contributed by atoms with Gasteiger partial charge in [0.2, 0.25) is 0 Å². The summed E-state index contributed by atoms with van der Waals surface area (Å²) >= 11 is 3.42. The molecule has 0 N–H and O–H groups in total. The quantitative estimate of drug-likeness (QED) is 0.836. The van der Waals surface area contributed by atoms with Crippen molar-refractivity contribution in [2.24, 2.45) is 0 Å². The number of benzene rings is 1. The van der Waals surface area contributed by atoms with E-state index in [-0.39, 0.29) is 12.5 Å². The van der Waals surface area contributed by atoms with Crippen LogP contribution in [0.15, 0.2) is 22.7 Å².